The smallest absolute Gasteiger partial charge is 0.209 e. The van der Waals surface area contributed by atoms with Crippen LogP contribution in [-0.4, -0.2) is 16.0 Å². The van der Waals surface area contributed by atoms with Crippen molar-refractivity contribution < 1.29 is 9.59 Å². The lowest BCUT2D eigenvalue weighted by molar-refractivity contribution is 0.103. The number of benzene rings is 3. The molecule has 0 amide bonds. The predicted molar refractivity (Wildman–Crippen MR) is 115 cm³/mol. The van der Waals surface area contributed by atoms with E-state index in [-0.39, 0.29) is 11.6 Å². The second kappa shape index (κ2) is 6.88. The fraction of sp³-hybridized carbons (Fsp3) is 0. The fourth-order valence-electron chi connectivity index (χ4n) is 3.80. The normalized spacial score (nSPS) is 11.0. The second-order valence-corrected chi connectivity index (χ2v) is 6.96. The van der Waals surface area contributed by atoms with Gasteiger partial charge in [0, 0.05) is 28.3 Å². The average molecular weight is 375 g/mol. The van der Waals surface area contributed by atoms with Crippen LogP contribution in [0, 0.1) is 0 Å². The first-order valence-electron chi connectivity index (χ1n) is 9.46. The minimum Gasteiger partial charge on any atom is -0.312 e. The van der Waals surface area contributed by atoms with Gasteiger partial charge in [0.25, 0.3) is 0 Å². The van der Waals surface area contributed by atoms with Gasteiger partial charge in [-0.25, -0.2) is 0 Å². The number of rotatable bonds is 4. The van der Waals surface area contributed by atoms with Crippen molar-refractivity contribution >= 4 is 27.9 Å². The number of ketones is 2. The van der Waals surface area contributed by atoms with Crippen molar-refractivity contribution in [1.82, 2.24) is 4.40 Å². The number of hydrogen-bond donors (Lipinski definition) is 0. The van der Waals surface area contributed by atoms with Crippen molar-refractivity contribution in [3.63, 3.8) is 0 Å². The Kier molecular flexibility index (Phi) is 4.07. The lowest BCUT2D eigenvalue weighted by atomic mass is 10.0. The van der Waals surface area contributed by atoms with Crippen molar-refractivity contribution in [3.05, 3.63) is 126 Å². The third-order valence-electron chi connectivity index (χ3n) is 5.20. The van der Waals surface area contributed by atoms with E-state index in [9.17, 15) is 9.59 Å². The molecule has 2 heterocycles. The maximum absolute atomic E-state index is 13.4. The molecule has 5 aromatic rings. The largest absolute Gasteiger partial charge is 0.312 e. The molecule has 0 radical (unpaired) electrons. The molecule has 3 nitrogen and oxygen atoms in total. The van der Waals surface area contributed by atoms with E-state index in [1.165, 1.54) is 0 Å². The summed E-state index contributed by atoms with van der Waals surface area (Å²) in [4.78, 5) is 26.6. The lowest BCUT2D eigenvalue weighted by Gasteiger charge is -2.06. The number of carbonyl (C=O) groups excluding carboxylic acids is 2. The predicted octanol–water partition coefficient (Wildman–Crippen LogP) is 5.55. The second-order valence-electron chi connectivity index (χ2n) is 6.96. The van der Waals surface area contributed by atoms with Crippen LogP contribution in [0.25, 0.3) is 16.3 Å². The summed E-state index contributed by atoms with van der Waals surface area (Å²) in [5.41, 5.74) is 2.98. The van der Waals surface area contributed by atoms with Gasteiger partial charge in [0.2, 0.25) is 5.78 Å². The van der Waals surface area contributed by atoms with Crippen LogP contribution in [0.2, 0.25) is 0 Å². The summed E-state index contributed by atoms with van der Waals surface area (Å²) in [6, 6.07) is 29.9. The number of hydrogen-bond acceptors (Lipinski definition) is 2. The van der Waals surface area contributed by atoms with Gasteiger partial charge in [-0.2, -0.15) is 0 Å². The maximum Gasteiger partial charge on any atom is 0.209 e. The number of aromatic nitrogens is 1. The Morgan fingerprint density at radius 1 is 0.621 bits per heavy atom. The van der Waals surface area contributed by atoms with Gasteiger partial charge in [-0.05, 0) is 17.5 Å². The maximum atomic E-state index is 13.4. The molecule has 3 aromatic carbocycles. The molecule has 29 heavy (non-hydrogen) atoms. The Morgan fingerprint density at radius 2 is 1.21 bits per heavy atom. The summed E-state index contributed by atoms with van der Waals surface area (Å²) in [6.07, 6.45) is 1.87. The van der Waals surface area contributed by atoms with Gasteiger partial charge in [-0.3, -0.25) is 9.59 Å². The van der Waals surface area contributed by atoms with Crippen LogP contribution < -0.4 is 0 Å². The molecule has 0 aliphatic rings. The fourth-order valence-corrected chi connectivity index (χ4v) is 3.80. The highest BCUT2D eigenvalue weighted by Gasteiger charge is 2.22. The van der Waals surface area contributed by atoms with Gasteiger partial charge in [-0.1, -0.05) is 84.9 Å². The van der Waals surface area contributed by atoms with E-state index in [0.29, 0.717) is 22.4 Å². The molecule has 0 aliphatic carbocycles. The van der Waals surface area contributed by atoms with Crippen LogP contribution in [-0.2, 0) is 0 Å². The standard InChI is InChI=1S/C26H17NO2/c28-25(19-10-3-1-4-11-19)22-17-23(26(29)20-12-5-2-6-13-20)27-16-15-18-9-7-8-14-21(18)24(22)27/h1-17H. The van der Waals surface area contributed by atoms with Crippen LogP contribution in [0.1, 0.15) is 32.0 Å². The molecule has 0 atom stereocenters. The van der Waals surface area contributed by atoms with Gasteiger partial charge in [0.15, 0.2) is 5.78 Å². The molecule has 0 aliphatic heterocycles. The topological polar surface area (TPSA) is 38.5 Å². The average Bonchev–Trinajstić information content (AvgIpc) is 3.19. The van der Waals surface area contributed by atoms with E-state index in [1.54, 1.807) is 30.3 Å². The number of carbonyl (C=O) groups is 2. The zero-order chi connectivity index (χ0) is 19.8. The van der Waals surface area contributed by atoms with Gasteiger partial charge in [0.1, 0.15) is 0 Å². The van der Waals surface area contributed by atoms with Crippen molar-refractivity contribution in [2.45, 2.75) is 0 Å². The minimum absolute atomic E-state index is 0.0911. The minimum atomic E-state index is -0.108. The van der Waals surface area contributed by atoms with E-state index in [4.69, 9.17) is 0 Å². The summed E-state index contributed by atoms with van der Waals surface area (Å²) in [6.45, 7) is 0. The van der Waals surface area contributed by atoms with Crippen molar-refractivity contribution in [2.75, 3.05) is 0 Å². The third-order valence-corrected chi connectivity index (χ3v) is 5.20. The summed E-state index contributed by atoms with van der Waals surface area (Å²) < 4.78 is 1.84. The van der Waals surface area contributed by atoms with Gasteiger partial charge >= 0.3 is 0 Å². The molecule has 0 saturated carbocycles. The zero-order valence-electron chi connectivity index (χ0n) is 15.6. The Balaban J connectivity index is 1.81. The Hall–Kier alpha value is -3.98. The van der Waals surface area contributed by atoms with Crippen LogP contribution in [0.4, 0.5) is 0 Å². The van der Waals surface area contributed by atoms with Crippen LogP contribution in [0.5, 0.6) is 0 Å². The van der Waals surface area contributed by atoms with E-state index >= 15 is 0 Å². The number of pyridine rings is 1. The molecule has 3 heteroatoms. The molecule has 5 rings (SSSR count). The third kappa shape index (κ3) is 2.84. The molecule has 0 saturated heterocycles. The van der Waals surface area contributed by atoms with Gasteiger partial charge in [0.05, 0.1) is 11.2 Å². The quantitative estimate of drug-likeness (QED) is 0.386. The van der Waals surface area contributed by atoms with Crippen LogP contribution in [0.3, 0.4) is 0 Å². The molecule has 0 spiro atoms. The zero-order valence-corrected chi connectivity index (χ0v) is 15.6. The number of nitrogens with zero attached hydrogens (tertiary/aromatic N) is 1. The van der Waals surface area contributed by atoms with Crippen LogP contribution in [0.15, 0.2) is 103 Å². The molecule has 2 aromatic heterocycles. The Bertz CT molecular complexity index is 1370. The Morgan fingerprint density at radius 3 is 1.90 bits per heavy atom. The van der Waals surface area contributed by atoms with Crippen molar-refractivity contribution in [2.24, 2.45) is 0 Å². The van der Waals surface area contributed by atoms with E-state index < -0.39 is 0 Å². The SMILES string of the molecule is O=C(c1ccccc1)c1cc(C(=O)c2ccccc2)n2ccc3ccccc3c12. The highest BCUT2D eigenvalue weighted by Crippen LogP contribution is 2.29. The first-order valence-corrected chi connectivity index (χ1v) is 9.46. The molecular weight excluding hydrogens is 358 g/mol. The van der Waals surface area contributed by atoms with Crippen molar-refractivity contribution in [1.29, 1.82) is 0 Å². The molecule has 0 unspecified atom stereocenters. The molecule has 0 fully saturated rings. The van der Waals surface area contributed by atoms with E-state index in [0.717, 1.165) is 16.3 Å². The summed E-state index contributed by atoms with van der Waals surface area (Å²) in [5, 5.41) is 1.97. The molecule has 0 N–H and O–H groups in total. The summed E-state index contributed by atoms with van der Waals surface area (Å²) in [5.74, 6) is -0.199. The highest BCUT2D eigenvalue weighted by molar-refractivity contribution is 6.20. The summed E-state index contributed by atoms with van der Waals surface area (Å²) in [7, 11) is 0. The monoisotopic (exact) mass is 375 g/mol. The van der Waals surface area contributed by atoms with Crippen LogP contribution >= 0.6 is 0 Å². The summed E-state index contributed by atoms with van der Waals surface area (Å²) >= 11 is 0. The molecule has 138 valence electrons. The molecule has 0 bridgehead atoms. The number of fused-ring (bicyclic) bond motifs is 3. The molecular formula is C26H17NO2. The van der Waals surface area contributed by atoms with Gasteiger partial charge in [-0.15, -0.1) is 0 Å². The highest BCUT2D eigenvalue weighted by atomic mass is 16.1. The van der Waals surface area contributed by atoms with Gasteiger partial charge < -0.3 is 4.40 Å². The first-order chi connectivity index (χ1) is 14.2. The Labute approximate surface area is 167 Å². The first kappa shape index (κ1) is 17.1. The van der Waals surface area contributed by atoms with E-state index in [1.807, 2.05) is 77.3 Å². The van der Waals surface area contributed by atoms with Crippen molar-refractivity contribution in [3.8, 4) is 0 Å². The van der Waals surface area contributed by atoms with E-state index in [2.05, 4.69) is 0 Å². The lowest BCUT2D eigenvalue weighted by Crippen LogP contribution is -2.04.